The Kier molecular flexibility index (Phi) is 5.22. The summed E-state index contributed by atoms with van der Waals surface area (Å²) >= 11 is 5.55. The van der Waals surface area contributed by atoms with Gasteiger partial charge in [0.05, 0.1) is 16.3 Å². The summed E-state index contributed by atoms with van der Waals surface area (Å²) in [6.07, 6.45) is 5.22. The van der Waals surface area contributed by atoms with E-state index in [1.165, 1.54) is 0 Å². The molecular formula is C14H16ClFO4S. The molecule has 116 valence electrons. The van der Waals surface area contributed by atoms with E-state index in [9.17, 15) is 17.6 Å². The average Bonchev–Trinajstić information content (AvgIpc) is 2.42. The van der Waals surface area contributed by atoms with Gasteiger partial charge in [0.15, 0.2) is 12.0 Å². The van der Waals surface area contributed by atoms with Crippen molar-refractivity contribution in [2.45, 2.75) is 32.1 Å². The first-order chi connectivity index (χ1) is 9.91. The Labute approximate surface area is 128 Å². The van der Waals surface area contributed by atoms with Crippen LogP contribution in [-0.4, -0.2) is 20.5 Å². The van der Waals surface area contributed by atoms with Gasteiger partial charge >= 0.3 is 10.1 Å². The lowest BCUT2D eigenvalue weighted by molar-refractivity contribution is 0.112. The van der Waals surface area contributed by atoms with Crippen LogP contribution in [0.2, 0.25) is 5.02 Å². The standard InChI is InChI=1S/C14H16ClFO4S/c15-12-6-11(8-17)14(7-13(12)16)20-21(18,19)9-10-4-2-1-3-5-10/h6-8,10H,1-5,9H2. The Hall–Kier alpha value is -1.14. The molecule has 0 atom stereocenters. The van der Waals surface area contributed by atoms with Crippen molar-refractivity contribution >= 4 is 28.0 Å². The van der Waals surface area contributed by atoms with Gasteiger partial charge in [-0.15, -0.1) is 0 Å². The summed E-state index contributed by atoms with van der Waals surface area (Å²) in [5.41, 5.74) is -0.0892. The van der Waals surface area contributed by atoms with E-state index in [0.717, 1.165) is 44.2 Å². The minimum atomic E-state index is -3.87. The van der Waals surface area contributed by atoms with Gasteiger partial charge < -0.3 is 4.18 Å². The molecule has 0 unspecified atom stereocenters. The van der Waals surface area contributed by atoms with Crippen molar-refractivity contribution in [3.8, 4) is 5.75 Å². The topological polar surface area (TPSA) is 60.4 Å². The number of carbonyl (C=O) groups excluding carboxylic acids is 1. The maximum atomic E-state index is 13.4. The fourth-order valence-electron chi connectivity index (χ4n) is 2.52. The van der Waals surface area contributed by atoms with Gasteiger partial charge in [0.25, 0.3) is 0 Å². The largest absolute Gasteiger partial charge is 0.382 e. The van der Waals surface area contributed by atoms with Crippen molar-refractivity contribution in [1.82, 2.24) is 0 Å². The molecule has 1 aromatic carbocycles. The lowest BCUT2D eigenvalue weighted by Crippen LogP contribution is -2.23. The van der Waals surface area contributed by atoms with Crippen LogP contribution in [0.3, 0.4) is 0 Å². The normalized spacial score (nSPS) is 16.7. The second-order valence-corrected chi connectivity index (χ2v) is 7.26. The Balaban J connectivity index is 2.15. The van der Waals surface area contributed by atoms with E-state index < -0.39 is 15.9 Å². The highest BCUT2D eigenvalue weighted by Crippen LogP contribution is 2.29. The summed E-state index contributed by atoms with van der Waals surface area (Å²) in [6.45, 7) is 0. The highest BCUT2D eigenvalue weighted by atomic mass is 35.5. The van der Waals surface area contributed by atoms with Crippen molar-refractivity contribution in [1.29, 1.82) is 0 Å². The van der Waals surface area contributed by atoms with Crippen LogP contribution in [0.4, 0.5) is 4.39 Å². The molecule has 1 aliphatic rings. The van der Waals surface area contributed by atoms with E-state index in [1.807, 2.05) is 0 Å². The minimum absolute atomic E-state index is 0.0561. The van der Waals surface area contributed by atoms with Gasteiger partial charge in [0.2, 0.25) is 0 Å². The maximum Gasteiger partial charge on any atom is 0.309 e. The molecule has 0 aliphatic heterocycles. The SMILES string of the molecule is O=Cc1cc(Cl)c(F)cc1OS(=O)(=O)CC1CCCCC1. The smallest absolute Gasteiger partial charge is 0.309 e. The molecule has 1 saturated carbocycles. The van der Waals surface area contributed by atoms with Crippen LogP contribution in [-0.2, 0) is 10.1 Å². The van der Waals surface area contributed by atoms with E-state index in [4.69, 9.17) is 15.8 Å². The van der Waals surface area contributed by atoms with E-state index >= 15 is 0 Å². The van der Waals surface area contributed by atoms with Crippen LogP contribution in [0, 0.1) is 11.7 Å². The maximum absolute atomic E-state index is 13.4. The molecule has 21 heavy (non-hydrogen) atoms. The fraction of sp³-hybridized carbons (Fsp3) is 0.500. The molecule has 0 N–H and O–H groups in total. The molecule has 1 aliphatic carbocycles. The number of carbonyl (C=O) groups is 1. The van der Waals surface area contributed by atoms with Crippen molar-refractivity contribution < 1.29 is 21.8 Å². The first kappa shape index (κ1) is 16.2. The van der Waals surface area contributed by atoms with Crippen molar-refractivity contribution in [3.05, 3.63) is 28.5 Å². The van der Waals surface area contributed by atoms with Gasteiger partial charge in [-0.1, -0.05) is 30.9 Å². The van der Waals surface area contributed by atoms with Gasteiger partial charge in [-0.3, -0.25) is 4.79 Å². The predicted molar refractivity (Wildman–Crippen MR) is 77.8 cm³/mol. The molecule has 4 nitrogen and oxygen atoms in total. The molecular weight excluding hydrogens is 319 g/mol. The Morgan fingerprint density at radius 2 is 1.95 bits per heavy atom. The lowest BCUT2D eigenvalue weighted by Gasteiger charge is -2.21. The molecule has 2 rings (SSSR count). The zero-order valence-electron chi connectivity index (χ0n) is 11.3. The number of hydrogen-bond donors (Lipinski definition) is 0. The third-order valence-electron chi connectivity index (χ3n) is 3.56. The molecule has 0 heterocycles. The Bertz CT molecular complexity index is 624. The van der Waals surface area contributed by atoms with E-state index in [1.54, 1.807) is 0 Å². The van der Waals surface area contributed by atoms with E-state index in [0.29, 0.717) is 6.29 Å². The van der Waals surface area contributed by atoms with Crippen molar-refractivity contribution in [2.24, 2.45) is 5.92 Å². The van der Waals surface area contributed by atoms with Gasteiger partial charge in [0.1, 0.15) is 5.82 Å². The van der Waals surface area contributed by atoms with Crippen LogP contribution >= 0.6 is 11.6 Å². The fourth-order valence-corrected chi connectivity index (χ4v) is 4.09. The third-order valence-corrected chi connectivity index (χ3v) is 5.16. The lowest BCUT2D eigenvalue weighted by atomic mass is 9.91. The number of aldehydes is 1. The van der Waals surface area contributed by atoms with Crippen LogP contribution in [0.15, 0.2) is 12.1 Å². The number of hydrogen-bond acceptors (Lipinski definition) is 4. The van der Waals surface area contributed by atoms with Crippen molar-refractivity contribution in [3.63, 3.8) is 0 Å². The summed E-state index contributed by atoms with van der Waals surface area (Å²) in [5, 5.41) is -0.255. The van der Waals surface area contributed by atoms with Crippen LogP contribution in [0.25, 0.3) is 0 Å². The number of rotatable bonds is 5. The molecule has 1 fully saturated rings. The highest BCUT2D eigenvalue weighted by Gasteiger charge is 2.24. The number of benzene rings is 1. The summed E-state index contributed by atoms with van der Waals surface area (Å²) in [5.74, 6) is -1.20. The molecule has 0 amide bonds. The van der Waals surface area contributed by atoms with E-state index in [-0.39, 0.29) is 28.0 Å². The monoisotopic (exact) mass is 334 g/mol. The quantitative estimate of drug-likeness (QED) is 0.610. The summed E-state index contributed by atoms with van der Waals surface area (Å²) < 4.78 is 42.4. The van der Waals surface area contributed by atoms with Gasteiger partial charge in [-0.25, -0.2) is 4.39 Å². The minimum Gasteiger partial charge on any atom is -0.382 e. The molecule has 1 aromatic rings. The zero-order valence-corrected chi connectivity index (χ0v) is 12.9. The van der Waals surface area contributed by atoms with E-state index in [2.05, 4.69) is 0 Å². The van der Waals surface area contributed by atoms with Crippen LogP contribution in [0.5, 0.6) is 5.75 Å². The summed E-state index contributed by atoms with van der Waals surface area (Å²) in [7, 11) is -3.87. The highest BCUT2D eigenvalue weighted by molar-refractivity contribution is 7.87. The summed E-state index contributed by atoms with van der Waals surface area (Å²) in [6, 6.07) is 1.87. The van der Waals surface area contributed by atoms with Crippen molar-refractivity contribution in [2.75, 3.05) is 5.75 Å². The molecule has 0 bridgehead atoms. The van der Waals surface area contributed by atoms with Gasteiger partial charge in [-0.05, 0) is 24.8 Å². The van der Waals surface area contributed by atoms with Crippen LogP contribution in [0.1, 0.15) is 42.5 Å². The second-order valence-electron chi connectivity index (χ2n) is 5.23. The first-order valence-corrected chi connectivity index (χ1v) is 8.73. The average molecular weight is 335 g/mol. The Morgan fingerprint density at radius 1 is 1.29 bits per heavy atom. The molecule has 0 spiro atoms. The molecule has 0 radical (unpaired) electrons. The Morgan fingerprint density at radius 3 is 2.57 bits per heavy atom. The molecule has 0 aromatic heterocycles. The second kappa shape index (κ2) is 6.75. The van der Waals surface area contributed by atoms with Gasteiger partial charge in [0, 0.05) is 6.07 Å². The predicted octanol–water partition coefficient (Wildman–Crippen LogP) is 3.58. The summed E-state index contributed by atoms with van der Waals surface area (Å²) in [4.78, 5) is 10.9. The molecule has 0 saturated heterocycles. The first-order valence-electron chi connectivity index (χ1n) is 6.77. The third kappa shape index (κ3) is 4.41. The van der Waals surface area contributed by atoms with Crippen LogP contribution < -0.4 is 4.18 Å². The molecule has 7 heteroatoms. The zero-order chi connectivity index (χ0) is 15.5. The number of halogens is 2. The van der Waals surface area contributed by atoms with Gasteiger partial charge in [-0.2, -0.15) is 8.42 Å².